The van der Waals surface area contributed by atoms with Crippen LogP contribution in [0.2, 0.25) is 0 Å². The Hall–Kier alpha value is -1.35. The van der Waals surface area contributed by atoms with Crippen molar-refractivity contribution < 1.29 is 27.4 Å². The Morgan fingerprint density at radius 3 is 2.31 bits per heavy atom. The van der Waals surface area contributed by atoms with Gasteiger partial charge in [0.1, 0.15) is 12.2 Å². The molecule has 1 amide bonds. The topological polar surface area (TPSA) is 59.6 Å². The summed E-state index contributed by atoms with van der Waals surface area (Å²) < 4.78 is 46.2. The largest absolute Gasteiger partial charge is 0.411 e. The molecule has 1 aromatic rings. The fraction of sp³-hybridized carbons (Fsp3) is 0.588. The molecule has 9 heteroatoms. The van der Waals surface area contributed by atoms with E-state index in [1.54, 1.807) is 31.4 Å². The number of carbonyl (C=O) groups excluding carboxylic acids is 1. The van der Waals surface area contributed by atoms with Crippen molar-refractivity contribution in [1.29, 1.82) is 0 Å². The van der Waals surface area contributed by atoms with Crippen molar-refractivity contribution in [3.63, 3.8) is 0 Å². The van der Waals surface area contributed by atoms with Crippen LogP contribution < -0.4 is 10.6 Å². The Bertz CT molecular complexity index is 561. The third-order valence-corrected chi connectivity index (χ3v) is 4.23. The SMILES string of the molecule is COC1(C(=O)NCc2ccc(COCC(F)(F)F)cc2)CCNCC1.Cl. The van der Waals surface area contributed by atoms with Gasteiger partial charge in [-0.3, -0.25) is 4.79 Å². The molecule has 0 aromatic heterocycles. The summed E-state index contributed by atoms with van der Waals surface area (Å²) in [6.45, 7) is 0.424. The predicted octanol–water partition coefficient (Wildman–Crippen LogP) is 2.57. The fourth-order valence-corrected chi connectivity index (χ4v) is 2.74. The van der Waals surface area contributed by atoms with Crippen LogP contribution in [0.5, 0.6) is 0 Å². The second-order valence-electron chi connectivity index (χ2n) is 6.06. The van der Waals surface area contributed by atoms with Crippen LogP contribution in [0.4, 0.5) is 13.2 Å². The highest BCUT2D eigenvalue weighted by Crippen LogP contribution is 2.22. The molecule has 0 bridgehead atoms. The van der Waals surface area contributed by atoms with Gasteiger partial charge in [0.15, 0.2) is 0 Å². The normalized spacial score (nSPS) is 16.6. The van der Waals surface area contributed by atoms with Crippen LogP contribution in [0, 0.1) is 0 Å². The van der Waals surface area contributed by atoms with Gasteiger partial charge in [-0.1, -0.05) is 24.3 Å². The highest BCUT2D eigenvalue weighted by atomic mass is 35.5. The lowest BCUT2D eigenvalue weighted by molar-refractivity contribution is -0.176. The number of rotatable bonds is 7. The Balaban J connectivity index is 0.00000338. The molecule has 0 spiro atoms. The average Bonchev–Trinajstić information content (AvgIpc) is 2.60. The monoisotopic (exact) mass is 396 g/mol. The van der Waals surface area contributed by atoms with E-state index in [4.69, 9.17) is 4.74 Å². The lowest BCUT2D eigenvalue weighted by atomic mass is 9.91. The number of piperidine rings is 1. The number of benzene rings is 1. The number of nitrogens with one attached hydrogen (secondary N) is 2. The number of halogens is 4. The van der Waals surface area contributed by atoms with Crippen LogP contribution in [-0.4, -0.2) is 44.5 Å². The quantitative estimate of drug-likeness (QED) is 0.743. The van der Waals surface area contributed by atoms with E-state index >= 15 is 0 Å². The van der Waals surface area contributed by atoms with Crippen LogP contribution >= 0.6 is 12.4 Å². The van der Waals surface area contributed by atoms with Crippen molar-refractivity contribution >= 4 is 18.3 Å². The highest BCUT2D eigenvalue weighted by molar-refractivity contribution is 5.85. The molecular weight excluding hydrogens is 373 g/mol. The molecule has 0 saturated carbocycles. The zero-order chi connectivity index (χ0) is 18.3. The first-order valence-corrected chi connectivity index (χ1v) is 8.11. The summed E-state index contributed by atoms with van der Waals surface area (Å²) in [5.74, 6) is -0.144. The van der Waals surface area contributed by atoms with E-state index in [1.807, 2.05) is 0 Å². The first-order valence-electron chi connectivity index (χ1n) is 8.11. The van der Waals surface area contributed by atoms with Gasteiger partial charge in [-0.15, -0.1) is 12.4 Å². The molecular formula is C17H24ClF3N2O3. The van der Waals surface area contributed by atoms with Crippen molar-refractivity contribution in [3.8, 4) is 0 Å². The minimum Gasteiger partial charge on any atom is -0.368 e. The van der Waals surface area contributed by atoms with E-state index in [1.165, 1.54) is 0 Å². The van der Waals surface area contributed by atoms with Gasteiger partial charge in [0.25, 0.3) is 5.91 Å². The van der Waals surface area contributed by atoms with Gasteiger partial charge in [0, 0.05) is 13.7 Å². The number of ether oxygens (including phenoxy) is 2. The van der Waals surface area contributed by atoms with E-state index in [0.717, 1.165) is 18.7 Å². The van der Waals surface area contributed by atoms with Gasteiger partial charge in [0.05, 0.1) is 6.61 Å². The molecule has 0 radical (unpaired) electrons. The molecule has 1 aliphatic rings. The Kier molecular flexibility index (Phi) is 8.82. The van der Waals surface area contributed by atoms with Crippen molar-refractivity contribution in [3.05, 3.63) is 35.4 Å². The molecule has 1 aliphatic heterocycles. The number of alkyl halides is 3. The Labute approximate surface area is 157 Å². The lowest BCUT2D eigenvalue weighted by Gasteiger charge is -2.34. The fourth-order valence-electron chi connectivity index (χ4n) is 2.74. The van der Waals surface area contributed by atoms with Gasteiger partial charge < -0.3 is 20.1 Å². The standard InChI is InChI=1S/C17H23F3N2O3.ClH/c1-24-16(6-8-21-9-7-16)15(23)22-10-13-2-4-14(5-3-13)11-25-12-17(18,19)20;/h2-5,21H,6-12H2,1H3,(H,22,23);1H. The van der Waals surface area contributed by atoms with Crippen molar-refractivity contribution in [2.45, 2.75) is 37.8 Å². The maximum absolute atomic E-state index is 12.4. The van der Waals surface area contributed by atoms with Crippen LogP contribution in [0.15, 0.2) is 24.3 Å². The van der Waals surface area contributed by atoms with Crippen molar-refractivity contribution in [2.24, 2.45) is 0 Å². The molecule has 1 fully saturated rings. The number of methoxy groups -OCH3 is 1. The molecule has 1 aromatic carbocycles. The van der Waals surface area contributed by atoms with E-state index in [0.29, 0.717) is 24.9 Å². The van der Waals surface area contributed by atoms with E-state index in [9.17, 15) is 18.0 Å². The van der Waals surface area contributed by atoms with Crippen LogP contribution in [0.1, 0.15) is 24.0 Å². The molecule has 1 saturated heterocycles. The summed E-state index contributed by atoms with van der Waals surface area (Å²) in [5.41, 5.74) is 0.704. The summed E-state index contributed by atoms with van der Waals surface area (Å²) in [6, 6.07) is 6.89. The molecule has 0 aliphatic carbocycles. The van der Waals surface area contributed by atoms with Gasteiger partial charge in [-0.05, 0) is 37.1 Å². The van der Waals surface area contributed by atoms with E-state index in [2.05, 4.69) is 15.4 Å². The molecule has 0 unspecified atom stereocenters. The zero-order valence-electron chi connectivity index (χ0n) is 14.5. The molecule has 1 heterocycles. The first kappa shape index (κ1) is 22.7. The Morgan fingerprint density at radius 1 is 1.19 bits per heavy atom. The maximum atomic E-state index is 12.4. The van der Waals surface area contributed by atoms with E-state index < -0.39 is 18.4 Å². The molecule has 26 heavy (non-hydrogen) atoms. The molecule has 5 nitrogen and oxygen atoms in total. The number of hydrogen-bond acceptors (Lipinski definition) is 4. The second-order valence-corrected chi connectivity index (χ2v) is 6.06. The minimum absolute atomic E-state index is 0. The van der Waals surface area contributed by atoms with Gasteiger partial charge >= 0.3 is 6.18 Å². The first-order chi connectivity index (χ1) is 11.8. The lowest BCUT2D eigenvalue weighted by Crippen LogP contribution is -2.53. The molecule has 2 rings (SSSR count). The van der Waals surface area contributed by atoms with E-state index in [-0.39, 0.29) is 24.9 Å². The third kappa shape index (κ3) is 6.75. The predicted molar refractivity (Wildman–Crippen MR) is 93.1 cm³/mol. The summed E-state index contributed by atoms with van der Waals surface area (Å²) in [4.78, 5) is 12.4. The van der Waals surface area contributed by atoms with Gasteiger partial charge in [-0.25, -0.2) is 0 Å². The van der Waals surface area contributed by atoms with Gasteiger partial charge in [-0.2, -0.15) is 13.2 Å². The number of carbonyl (C=O) groups is 1. The smallest absolute Gasteiger partial charge is 0.368 e. The minimum atomic E-state index is -4.32. The third-order valence-electron chi connectivity index (χ3n) is 4.23. The summed E-state index contributed by atoms with van der Waals surface area (Å²) in [7, 11) is 1.54. The number of hydrogen-bond donors (Lipinski definition) is 2. The second kappa shape index (κ2) is 10.1. The van der Waals surface area contributed by atoms with Crippen molar-refractivity contribution in [2.75, 3.05) is 26.8 Å². The zero-order valence-corrected chi connectivity index (χ0v) is 15.3. The summed E-state index contributed by atoms with van der Waals surface area (Å²) in [5, 5.41) is 6.06. The van der Waals surface area contributed by atoms with Crippen LogP contribution in [0.3, 0.4) is 0 Å². The van der Waals surface area contributed by atoms with Crippen molar-refractivity contribution in [1.82, 2.24) is 10.6 Å². The molecule has 148 valence electrons. The Morgan fingerprint density at radius 2 is 1.77 bits per heavy atom. The van der Waals surface area contributed by atoms with Crippen LogP contribution in [0.25, 0.3) is 0 Å². The average molecular weight is 397 g/mol. The molecule has 2 N–H and O–H groups in total. The molecule has 0 atom stereocenters. The summed E-state index contributed by atoms with van der Waals surface area (Å²) >= 11 is 0. The maximum Gasteiger partial charge on any atom is 0.411 e. The highest BCUT2D eigenvalue weighted by Gasteiger charge is 2.39. The summed E-state index contributed by atoms with van der Waals surface area (Å²) in [6.07, 6.45) is -3.09. The van der Waals surface area contributed by atoms with Crippen LogP contribution in [-0.2, 0) is 27.4 Å². The van der Waals surface area contributed by atoms with Gasteiger partial charge in [0.2, 0.25) is 0 Å². The number of amides is 1.